The lowest BCUT2D eigenvalue weighted by Gasteiger charge is -2.34. The Bertz CT molecular complexity index is 1290. The number of amides is 3. The summed E-state index contributed by atoms with van der Waals surface area (Å²) >= 11 is 0. The molecular weight excluding hydrogens is 496 g/mol. The van der Waals surface area contributed by atoms with E-state index in [9.17, 15) is 9.59 Å². The lowest BCUT2D eigenvalue weighted by molar-refractivity contribution is -0.118. The van der Waals surface area contributed by atoms with Gasteiger partial charge < -0.3 is 24.8 Å². The Kier molecular flexibility index (Phi) is 8.16. The van der Waals surface area contributed by atoms with E-state index in [4.69, 9.17) is 4.74 Å². The molecule has 2 fully saturated rings. The van der Waals surface area contributed by atoms with Crippen molar-refractivity contribution in [2.75, 3.05) is 57.1 Å². The van der Waals surface area contributed by atoms with Gasteiger partial charge in [-0.15, -0.1) is 0 Å². The number of ether oxygens (including phenoxy) is 1. The van der Waals surface area contributed by atoms with Crippen molar-refractivity contribution in [3.63, 3.8) is 0 Å². The number of nitrogens with one attached hydrogen (secondary N) is 2. The molecule has 3 amide bonds. The van der Waals surface area contributed by atoms with Crippen LogP contribution in [0, 0.1) is 0 Å². The van der Waals surface area contributed by atoms with Crippen LogP contribution in [0.5, 0.6) is 5.75 Å². The quantitative estimate of drug-likeness (QED) is 0.380. The molecule has 0 radical (unpaired) electrons. The van der Waals surface area contributed by atoms with Gasteiger partial charge in [-0.3, -0.25) is 10.1 Å². The monoisotopic (exact) mass is 530 g/mol. The maximum absolute atomic E-state index is 12.1. The van der Waals surface area contributed by atoms with Crippen LogP contribution in [0.25, 0.3) is 0 Å². The standard InChI is InChI=1S/C28H34N8O3/c1-34-13-15-35(16-14-34)22-8-3-20(4-9-22)7-12-24-30-25(18-36-19-26(37)33-28(36)38)32-27(31-24)29-17-21-5-10-23(39-2)11-6-21/h3-6,8-11H,7,12-19H2,1-2H3,(H,33,37,38)(H,29,30,31,32). The first-order valence-corrected chi connectivity index (χ1v) is 13.2. The predicted molar refractivity (Wildman–Crippen MR) is 148 cm³/mol. The highest BCUT2D eigenvalue weighted by Gasteiger charge is 2.27. The third-order valence-electron chi connectivity index (χ3n) is 6.98. The first-order valence-electron chi connectivity index (χ1n) is 13.2. The fourth-order valence-corrected chi connectivity index (χ4v) is 4.63. The molecule has 204 valence electrons. The van der Waals surface area contributed by atoms with Crippen LogP contribution in [-0.4, -0.2) is 83.6 Å². The molecule has 2 saturated heterocycles. The van der Waals surface area contributed by atoms with E-state index in [1.54, 1.807) is 7.11 Å². The van der Waals surface area contributed by atoms with E-state index < -0.39 is 6.03 Å². The number of hydrogen-bond donors (Lipinski definition) is 2. The molecule has 2 aliphatic rings. The average Bonchev–Trinajstić information content (AvgIpc) is 3.27. The largest absolute Gasteiger partial charge is 0.497 e. The molecule has 2 N–H and O–H groups in total. The number of anilines is 2. The lowest BCUT2D eigenvalue weighted by Crippen LogP contribution is -2.44. The third-order valence-corrected chi connectivity index (χ3v) is 6.98. The molecule has 0 atom stereocenters. The minimum Gasteiger partial charge on any atom is -0.497 e. The maximum atomic E-state index is 12.1. The minimum absolute atomic E-state index is 0.00584. The van der Waals surface area contributed by atoms with Crippen LogP contribution >= 0.6 is 0 Å². The second-order valence-corrected chi connectivity index (χ2v) is 9.86. The number of aryl methyl sites for hydroxylation is 2. The number of nitrogens with zero attached hydrogens (tertiary/aromatic N) is 6. The van der Waals surface area contributed by atoms with Crippen molar-refractivity contribution in [3.05, 3.63) is 71.3 Å². The number of urea groups is 1. The van der Waals surface area contributed by atoms with E-state index in [0.717, 1.165) is 43.9 Å². The number of likely N-dealkylation sites (N-methyl/N-ethyl adjacent to an activating group) is 1. The molecule has 39 heavy (non-hydrogen) atoms. The normalized spacial score (nSPS) is 15.9. The van der Waals surface area contributed by atoms with Crippen LogP contribution in [-0.2, 0) is 30.7 Å². The predicted octanol–water partition coefficient (Wildman–Crippen LogP) is 2.08. The Morgan fingerprint density at radius 3 is 2.23 bits per heavy atom. The zero-order valence-electron chi connectivity index (χ0n) is 22.4. The summed E-state index contributed by atoms with van der Waals surface area (Å²) in [5.74, 6) is 1.96. The first kappa shape index (κ1) is 26.4. The summed E-state index contributed by atoms with van der Waals surface area (Å²) in [5.41, 5.74) is 3.49. The summed E-state index contributed by atoms with van der Waals surface area (Å²) in [6.07, 6.45) is 1.39. The van der Waals surface area contributed by atoms with Crippen molar-refractivity contribution in [1.82, 2.24) is 30.1 Å². The second kappa shape index (κ2) is 12.1. The number of imide groups is 1. The zero-order valence-corrected chi connectivity index (χ0v) is 22.4. The smallest absolute Gasteiger partial charge is 0.324 e. The van der Waals surface area contributed by atoms with Gasteiger partial charge in [0.25, 0.3) is 0 Å². The molecule has 2 aromatic carbocycles. The molecule has 0 saturated carbocycles. The summed E-state index contributed by atoms with van der Waals surface area (Å²) in [6, 6.07) is 16.0. The number of carbonyl (C=O) groups is 2. The Hall–Kier alpha value is -4.25. The van der Waals surface area contributed by atoms with E-state index in [0.29, 0.717) is 30.6 Å². The minimum atomic E-state index is -0.435. The number of carbonyl (C=O) groups excluding carboxylic acids is 2. The number of piperazine rings is 1. The van der Waals surface area contributed by atoms with Crippen molar-refractivity contribution in [2.45, 2.75) is 25.9 Å². The van der Waals surface area contributed by atoms with Crippen LogP contribution in [0.3, 0.4) is 0 Å². The number of rotatable bonds is 10. The third kappa shape index (κ3) is 6.99. The number of methoxy groups -OCH3 is 1. The SMILES string of the molecule is COc1ccc(CNc2nc(CCc3ccc(N4CCN(C)CC4)cc3)nc(CN3CC(=O)NC3=O)n2)cc1. The van der Waals surface area contributed by atoms with E-state index in [2.05, 4.69) is 66.7 Å². The fourth-order valence-electron chi connectivity index (χ4n) is 4.63. The topological polar surface area (TPSA) is 116 Å². The van der Waals surface area contributed by atoms with Gasteiger partial charge in [-0.1, -0.05) is 24.3 Å². The van der Waals surface area contributed by atoms with E-state index in [-0.39, 0.29) is 19.0 Å². The first-order chi connectivity index (χ1) is 18.9. The van der Waals surface area contributed by atoms with Gasteiger partial charge in [0.1, 0.15) is 18.1 Å². The Balaban J connectivity index is 1.26. The molecule has 3 heterocycles. The van der Waals surface area contributed by atoms with Crippen molar-refractivity contribution >= 4 is 23.6 Å². The van der Waals surface area contributed by atoms with Gasteiger partial charge in [0.2, 0.25) is 11.9 Å². The summed E-state index contributed by atoms with van der Waals surface area (Å²) in [7, 11) is 3.80. The molecule has 11 heteroatoms. The molecular formula is C28H34N8O3. The van der Waals surface area contributed by atoms with Crippen molar-refractivity contribution in [3.8, 4) is 5.75 Å². The van der Waals surface area contributed by atoms with E-state index in [1.165, 1.54) is 16.2 Å². The highest BCUT2D eigenvalue weighted by atomic mass is 16.5. The van der Waals surface area contributed by atoms with E-state index in [1.807, 2.05) is 24.3 Å². The molecule has 5 rings (SSSR count). The van der Waals surface area contributed by atoms with Gasteiger partial charge in [-0.05, 0) is 48.9 Å². The highest BCUT2D eigenvalue weighted by molar-refractivity contribution is 6.01. The van der Waals surface area contributed by atoms with Gasteiger partial charge in [0, 0.05) is 44.8 Å². The Morgan fingerprint density at radius 2 is 1.56 bits per heavy atom. The summed E-state index contributed by atoms with van der Waals surface area (Å²) in [6.45, 7) is 4.87. The van der Waals surface area contributed by atoms with E-state index >= 15 is 0 Å². The number of hydrogen-bond acceptors (Lipinski definition) is 9. The molecule has 0 unspecified atom stereocenters. The van der Waals surface area contributed by atoms with Crippen LogP contribution in [0.2, 0.25) is 0 Å². The lowest BCUT2D eigenvalue weighted by atomic mass is 10.1. The molecule has 2 aliphatic heterocycles. The van der Waals surface area contributed by atoms with Crippen molar-refractivity contribution in [1.29, 1.82) is 0 Å². The van der Waals surface area contributed by atoms with Crippen LogP contribution < -0.4 is 20.3 Å². The van der Waals surface area contributed by atoms with Gasteiger partial charge >= 0.3 is 6.03 Å². The van der Waals surface area contributed by atoms with Crippen molar-refractivity contribution in [2.24, 2.45) is 0 Å². The molecule has 1 aromatic heterocycles. The molecule has 3 aromatic rings. The Morgan fingerprint density at radius 1 is 0.872 bits per heavy atom. The highest BCUT2D eigenvalue weighted by Crippen LogP contribution is 2.18. The van der Waals surface area contributed by atoms with Crippen LogP contribution in [0.1, 0.15) is 22.8 Å². The molecule has 11 nitrogen and oxygen atoms in total. The van der Waals surface area contributed by atoms with Crippen LogP contribution in [0.15, 0.2) is 48.5 Å². The molecule has 0 spiro atoms. The second-order valence-electron chi connectivity index (χ2n) is 9.86. The molecule has 0 aliphatic carbocycles. The number of aromatic nitrogens is 3. The van der Waals surface area contributed by atoms with Crippen LogP contribution in [0.4, 0.5) is 16.4 Å². The number of benzene rings is 2. The summed E-state index contributed by atoms with van der Waals surface area (Å²) in [5, 5.41) is 5.57. The zero-order chi connectivity index (χ0) is 27.2. The van der Waals surface area contributed by atoms with Gasteiger partial charge in [-0.2, -0.15) is 9.97 Å². The van der Waals surface area contributed by atoms with Crippen molar-refractivity contribution < 1.29 is 14.3 Å². The Labute approximate surface area is 228 Å². The molecule has 0 bridgehead atoms. The summed E-state index contributed by atoms with van der Waals surface area (Å²) < 4.78 is 5.23. The fraction of sp³-hybridized carbons (Fsp3) is 0.393. The summed E-state index contributed by atoms with van der Waals surface area (Å²) in [4.78, 5) is 43.7. The maximum Gasteiger partial charge on any atom is 0.324 e. The average molecular weight is 531 g/mol. The van der Waals surface area contributed by atoms with Gasteiger partial charge in [0.05, 0.1) is 13.7 Å². The van der Waals surface area contributed by atoms with Gasteiger partial charge in [-0.25, -0.2) is 9.78 Å². The van der Waals surface area contributed by atoms with Gasteiger partial charge in [0.15, 0.2) is 5.82 Å².